The van der Waals surface area contributed by atoms with Crippen LogP contribution in [0.15, 0.2) is 53.4 Å². The van der Waals surface area contributed by atoms with Crippen molar-refractivity contribution in [1.82, 2.24) is 9.80 Å². The lowest BCUT2D eigenvalue weighted by atomic mass is 10.2. The molecule has 0 atom stereocenters. The van der Waals surface area contributed by atoms with Crippen LogP contribution in [0.1, 0.15) is 17.3 Å². The molecule has 0 aliphatic carbocycles. The van der Waals surface area contributed by atoms with Crippen molar-refractivity contribution in [2.45, 2.75) is 11.8 Å². The molecule has 3 rings (SSSR count). The van der Waals surface area contributed by atoms with Crippen molar-refractivity contribution in [2.24, 2.45) is 0 Å². The molecule has 1 heterocycles. The first-order valence-corrected chi connectivity index (χ1v) is 11.3. The molecule has 1 aliphatic heterocycles. The maximum absolute atomic E-state index is 12.9. The van der Waals surface area contributed by atoms with E-state index in [9.17, 15) is 22.4 Å². The average molecular weight is 434 g/mol. The minimum atomic E-state index is -3.30. The molecule has 2 amide bonds. The third-order valence-corrected chi connectivity index (χ3v) is 6.75. The Balaban J connectivity index is 1.50. The summed E-state index contributed by atoms with van der Waals surface area (Å²) in [7, 11) is -3.30. The molecule has 0 unspecified atom stereocenters. The van der Waals surface area contributed by atoms with Crippen molar-refractivity contribution < 1.29 is 22.4 Å². The van der Waals surface area contributed by atoms with Crippen LogP contribution >= 0.6 is 0 Å². The minimum Gasteiger partial charge on any atom is -0.336 e. The molecule has 1 N–H and O–H groups in total. The second-order valence-electron chi connectivity index (χ2n) is 7.05. The SMILES string of the molecule is CCS(=O)(=O)c1ccc(C(=O)N2CCN(CC(=O)Nc3ccc(F)cc3)CC2)cc1. The van der Waals surface area contributed by atoms with Gasteiger partial charge in [0.05, 0.1) is 17.2 Å². The van der Waals surface area contributed by atoms with E-state index < -0.39 is 9.84 Å². The third kappa shape index (κ3) is 5.43. The number of amides is 2. The Kier molecular flexibility index (Phi) is 6.84. The molecular formula is C21H24FN3O4S. The number of nitrogens with zero attached hydrogens (tertiary/aromatic N) is 2. The van der Waals surface area contributed by atoms with Gasteiger partial charge in [0, 0.05) is 37.4 Å². The topological polar surface area (TPSA) is 86.8 Å². The summed E-state index contributed by atoms with van der Waals surface area (Å²) in [6.45, 7) is 3.79. The van der Waals surface area contributed by atoms with Gasteiger partial charge in [-0.2, -0.15) is 0 Å². The first-order chi connectivity index (χ1) is 14.3. The molecule has 30 heavy (non-hydrogen) atoms. The number of piperazine rings is 1. The Morgan fingerprint density at radius 3 is 2.13 bits per heavy atom. The largest absolute Gasteiger partial charge is 0.336 e. The van der Waals surface area contributed by atoms with E-state index in [0.717, 1.165) is 0 Å². The molecule has 7 nitrogen and oxygen atoms in total. The second-order valence-corrected chi connectivity index (χ2v) is 9.33. The smallest absolute Gasteiger partial charge is 0.253 e. The van der Waals surface area contributed by atoms with Gasteiger partial charge in [-0.15, -0.1) is 0 Å². The molecular weight excluding hydrogens is 409 g/mol. The van der Waals surface area contributed by atoms with Gasteiger partial charge in [-0.25, -0.2) is 12.8 Å². The molecule has 0 spiro atoms. The monoisotopic (exact) mass is 433 g/mol. The maximum atomic E-state index is 12.9. The highest BCUT2D eigenvalue weighted by Gasteiger charge is 2.23. The fraction of sp³-hybridized carbons (Fsp3) is 0.333. The summed E-state index contributed by atoms with van der Waals surface area (Å²) in [6, 6.07) is 11.6. The summed E-state index contributed by atoms with van der Waals surface area (Å²) in [5.41, 5.74) is 0.969. The van der Waals surface area contributed by atoms with Crippen molar-refractivity contribution in [1.29, 1.82) is 0 Å². The fourth-order valence-corrected chi connectivity index (χ4v) is 4.08. The van der Waals surface area contributed by atoms with E-state index in [1.807, 2.05) is 4.90 Å². The van der Waals surface area contributed by atoms with Crippen LogP contribution in [-0.2, 0) is 14.6 Å². The van der Waals surface area contributed by atoms with Crippen molar-refractivity contribution in [2.75, 3.05) is 43.8 Å². The zero-order valence-electron chi connectivity index (χ0n) is 16.7. The van der Waals surface area contributed by atoms with Crippen LogP contribution in [0, 0.1) is 5.82 Å². The van der Waals surface area contributed by atoms with Crippen LogP contribution in [0.2, 0.25) is 0 Å². The van der Waals surface area contributed by atoms with E-state index in [-0.39, 0.29) is 34.8 Å². The maximum Gasteiger partial charge on any atom is 0.253 e. The van der Waals surface area contributed by atoms with Gasteiger partial charge in [0.25, 0.3) is 5.91 Å². The highest BCUT2D eigenvalue weighted by molar-refractivity contribution is 7.91. The van der Waals surface area contributed by atoms with Gasteiger partial charge >= 0.3 is 0 Å². The van der Waals surface area contributed by atoms with Crippen molar-refractivity contribution in [3.8, 4) is 0 Å². The summed E-state index contributed by atoms with van der Waals surface area (Å²) in [6.07, 6.45) is 0. The number of anilines is 1. The number of hydrogen-bond donors (Lipinski definition) is 1. The van der Waals surface area contributed by atoms with Crippen molar-refractivity contribution in [3.05, 3.63) is 59.9 Å². The number of carbonyl (C=O) groups is 2. The van der Waals surface area contributed by atoms with Crippen LogP contribution in [0.25, 0.3) is 0 Å². The van der Waals surface area contributed by atoms with E-state index in [0.29, 0.717) is 37.4 Å². The van der Waals surface area contributed by atoms with Crippen LogP contribution in [0.5, 0.6) is 0 Å². The van der Waals surface area contributed by atoms with Gasteiger partial charge in [0.1, 0.15) is 5.82 Å². The van der Waals surface area contributed by atoms with Crippen LogP contribution in [0.4, 0.5) is 10.1 Å². The Morgan fingerprint density at radius 1 is 0.967 bits per heavy atom. The number of carbonyl (C=O) groups excluding carboxylic acids is 2. The summed E-state index contributed by atoms with van der Waals surface area (Å²) < 4.78 is 36.7. The van der Waals surface area contributed by atoms with Crippen molar-refractivity contribution >= 4 is 27.3 Å². The summed E-state index contributed by atoms with van der Waals surface area (Å²) in [5, 5.41) is 2.72. The molecule has 1 fully saturated rings. The summed E-state index contributed by atoms with van der Waals surface area (Å²) >= 11 is 0. The highest BCUT2D eigenvalue weighted by Crippen LogP contribution is 2.15. The van der Waals surface area contributed by atoms with E-state index in [4.69, 9.17) is 0 Å². The molecule has 0 aromatic heterocycles. The predicted molar refractivity (Wildman–Crippen MR) is 112 cm³/mol. The van der Waals surface area contributed by atoms with Crippen LogP contribution in [0.3, 0.4) is 0 Å². The second kappa shape index (κ2) is 9.36. The lowest BCUT2D eigenvalue weighted by Gasteiger charge is -2.34. The Labute approximate surface area is 175 Å². The molecule has 160 valence electrons. The van der Waals surface area contributed by atoms with Gasteiger partial charge in [-0.05, 0) is 48.5 Å². The van der Waals surface area contributed by atoms with Crippen LogP contribution in [-0.4, -0.2) is 68.5 Å². The van der Waals surface area contributed by atoms with Gasteiger partial charge in [0.15, 0.2) is 9.84 Å². The van der Waals surface area contributed by atoms with E-state index in [1.165, 1.54) is 48.5 Å². The zero-order valence-corrected chi connectivity index (χ0v) is 17.5. The first kappa shape index (κ1) is 21.9. The number of rotatable bonds is 6. The fourth-order valence-electron chi connectivity index (χ4n) is 3.20. The van der Waals surface area contributed by atoms with Crippen molar-refractivity contribution in [3.63, 3.8) is 0 Å². The lowest BCUT2D eigenvalue weighted by molar-refractivity contribution is -0.117. The number of halogens is 1. The molecule has 9 heteroatoms. The molecule has 1 saturated heterocycles. The van der Waals surface area contributed by atoms with Gasteiger partial charge in [-0.1, -0.05) is 6.92 Å². The standard InChI is InChI=1S/C21H24FN3O4S/c1-2-30(28,29)19-9-3-16(4-10-19)21(27)25-13-11-24(12-14-25)15-20(26)23-18-7-5-17(22)6-8-18/h3-10H,2,11-15H2,1H3,(H,23,26). The van der Waals surface area contributed by atoms with Gasteiger partial charge in [-0.3, -0.25) is 14.5 Å². The van der Waals surface area contributed by atoms with Crippen LogP contribution < -0.4 is 5.32 Å². The molecule has 1 aliphatic rings. The number of hydrogen-bond acceptors (Lipinski definition) is 5. The zero-order chi connectivity index (χ0) is 21.7. The average Bonchev–Trinajstić information content (AvgIpc) is 2.75. The Bertz CT molecular complexity index is 1000. The first-order valence-electron chi connectivity index (χ1n) is 9.68. The minimum absolute atomic E-state index is 0.0109. The lowest BCUT2D eigenvalue weighted by Crippen LogP contribution is -2.50. The molecule has 0 bridgehead atoms. The summed E-state index contributed by atoms with van der Waals surface area (Å²) in [4.78, 5) is 28.7. The molecule has 0 saturated carbocycles. The Hall–Kier alpha value is -2.78. The third-order valence-electron chi connectivity index (χ3n) is 5.00. The molecule has 2 aromatic carbocycles. The quantitative estimate of drug-likeness (QED) is 0.753. The van der Waals surface area contributed by atoms with E-state index in [1.54, 1.807) is 11.8 Å². The normalized spacial score (nSPS) is 15.1. The summed E-state index contributed by atoms with van der Waals surface area (Å²) in [5.74, 6) is -0.716. The van der Waals surface area contributed by atoms with Gasteiger partial charge in [0.2, 0.25) is 5.91 Å². The van der Waals surface area contributed by atoms with E-state index in [2.05, 4.69) is 5.32 Å². The number of sulfone groups is 1. The predicted octanol–water partition coefficient (Wildman–Crippen LogP) is 2.02. The molecule has 0 radical (unpaired) electrons. The number of benzene rings is 2. The molecule has 2 aromatic rings. The van der Waals surface area contributed by atoms with Gasteiger partial charge < -0.3 is 10.2 Å². The Morgan fingerprint density at radius 2 is 1.57 bits per heavy atom. The highest BCUT2D eigenvalue weighted by atomic mass is 32.2. The van der Waals surface area contributed by atoms with E-state index >= 15 is 0 Å². The number of nitrogens with one attached hydrogen (secondary N) is 1.